The van der Waals surface area contributed by atoms with Crippen molar-refractivity contribution in [2.45, 2.75) is 12.1 Å². The number of para-hydroxylation sites is 2. The Kier molecular flexibility index (Phi) is 4.75. The molecule has 0 spiro atoms. The van der Waals surface area contributed by atoms with E-state index in [2.05, 4.69) is 26.9 Å². The first-order chi connectivity index (χ1) is 10.8. The summed E-state index contributed by atoms with van der Waals surface area (Å²) in [5.74, 6) is 2.60. The van der Waals surface area contributed by atoms with Crippen molar-refractivity contribution in [1.29, 1.82) is 0 Å². The van der Waals surface area contributed by atoms with E-state index in [0.717, 1.165) is 28.2 Å². The fourth-order valence-corrected chi connectivity index (χ4v) is 2.93. The number of aryl methyl sites for hydroxylation is 1. The average molecular weight is 311 g/mol. The molecule has 112 valence electrons. The minimum absolute atomic E-state index is 0.634. The van der Waals surface area contributed by atoms with Crippen LogP contribution in [0.5, 0.6) is 5.75 Å². The first-order valence-electron chi connectivity index (χ1n) is 7.12. The van der Waals surface area contributed by atoms with Crippen LogP contribution in [0.25, 0.3) is 5.69 Å². The zero-order valence-electron chi connectivity index (χ0n) is 12.3. The van der Waals surface area contributed by atoms with Gasteiger partial charge in [-0.15, -0.1) is 10.2 Å². The number of ether oxygens (including phenoxy) is 1. The van der Waals surface area contributed by atoms with Crippen LogP contribution in [0, 0.1) is 6.92 Å². The van der Waals surface area contributed by atoms with Crippen LogP contribution < -0.4 is 4.74 Å². The Morgan fingerprint density at radius 1 is 0.955 bits per heavy atom. The molecule has 0 aliphatic rings. The van der Waals surface area contributed by atoms with E-state index >= 15 is 0 Å². The molecule has 4 nitrogen and oxygen atoms in total. The average Bonchev–Trinajstić information content (AvgIpc) is 2.94. The summed E-state index contributed by atoms with van der Waals surface area (Å²) >= 11 is 1.65. The van der Waals surface area contributed by atoms with Gasteiger partial charge in [-0.05, 0) is 31.2 Å². The third-order valence-electron chi connectivity index (χ3n) is 3.14. The predicted octanol–water partition coefficient (Wildman–Crippen LogP) is 3.75. The topological polar surface area (TPSA) is 39.9 Å². The van der Waals surface area contributed by atoms with Crippen molar-refractivity contribution in [3.05, 3.63) is 66.5 Å². The fourth-order valence-electron chi connectivity index (χ4n) is 2.12. The lowest BCUT2D eigenvalue weighted by Crippen LogP contribution is -2.03. The molecule has 0 saturated heterocycles. The van der Waals surface area contributed by atoms with E-state index in [-0.39, 0.29) is 0 Å². The van der Waals surface area contributed by atoms with Crippen LogP contribution in [0.2, 0.25) is 0 Å². The van der Waals surface area contributed by atoms with E-state index in [1.54, 1.807) is 11.8 Å². The van der Waals surface area contributed by atoms with Crippen LogP contribution in [0.3, 0.4) is 0 Å². The van der Waals surface area contributed by atoms with Crippen LogP contribution >= 0.6 is 11.8 Å². The van der Waals surface area contributed by atoms with Crippen LogP contribution in [-0.4, -0.2) is 27.1 Å². The molecule has 0 atom stereocenters. The van der Waals surface area contributed by atoms with Gasteiger partial charge in [0.1, 0.15) is 11.6 Å². The van der Waals surface area contributed by atoms with Gasteiger partial charge < -0.3 is 4.74 Å². The van der Waals surface area contributed by atoms with Crippen molar-refractivity contribution < 1.29 is 4.74 Å². The molecule has 0 amide bonds. The van der Waals surface area contributed by atoms with Crippen molar-refractivity contribution in [2.75, 3.05) is 12.4 Å². The Labute approximate surface area is 134 Å². The summed E-state index contributed by atoms with van der Waals surface area (Å²) in [4.78, 5) is 0. The maximum Gasteiger partial charge on any atom is 0.195 e. The third-order valence-corrected chi connectivity index (χ3v) is 4.03. The normalized spacial score (nSPS) is 10.6. The lowest BCUT2D eigenvalue weighted by atomic mass is 10.3. The second kappa shape index (κ2) is 7.13. The molecular formula is C17H17N3OS. The highest BCUT2D eigenvalue weighted by atomic mass is 32.2. The zero-order valence-corrected chi connectivity index (χ0v) is 13.2. The number of rotatable bonds is 6. The van der Waals surface area contributed by atoms with Crippen molar-refractivity contribution >= 4 is 11.8 Å². The number of thioether (sulfide) groups is 1. The van der Waals surface area contributed by atoms with E-state index in [1.807, 2.05) is 55.5 Å². The Balaban J connectivity index is 1.62. The molecule has 0 unspecified atom stereocenters. The lowest BCUT2D eigenvalue weighted by Gasteiger charge is -2.08. The van der Waals surface area contributed by atoms with E-state index in [9.17, 15) is 0 Å². The van der Waals surface area contributed by atoms with Gasteiger partial charge in [-0.1, -0.05) is 48.2 Å². The molecule has 1 heterocycles. The summed E-state index contributed by atoms with van der Waals surface area (Å²) in [6.07, 6.45) is 0. The molecule has 0 radical (unpaired) electrons. The molecule has 0 aliphatic carbocycles. The van der Waals surface area contributed by atoms with Gasteiger partial charge in [-0.3, -0.25) is 4.57 Å². The molecule has 3 aromatic rings. The van der Waals surface area contributed by atoms with Crippen LogP contribution in [-0.2, 0) is 0 Å². The molecule has 0 N–H and O–H groups in total. The number of hydrogen-bond donors (Lipinski definition) is 0. The zero-order chi connectivity index (χ0) is 15.2. The van der Waals surface area contributed by atoms with E-state index in [1.165, 1.54) is 0 Å². The Bertz CT molecular complexity index is 713. The molecular weight excluding hydrogens is 294 g/mol. The van der Waals surface area contributed by atoms with Gasteiger partial charge in [0.15, 0.2) is 5.16 Å². The summed E-state index contributed by atoms with van der Waals surface area (Å²) in [6.45, 7) is 2.60. The molecule has 3 rings (SSSR count). The molecule has 0 saturated carbocycles. The van der Waals surface area contributed by atoms with Crippen LogP contribution in [0.4, 0.5) is 0 Å². The molecule has 0 aliphatic heterocycles. The minimum Gasteiger partial charge on any atom is -0.493 e. The monoisotopic (exact) mass is 311 g/mol. The Morgan fingerprint density at radius 2 is 1.64 bits per heavy atom. The molecule has 0 bridgehead atoms. The molecule has 1 aromatic heterocycles. The second-order valence-electron chi connectivity index (χ2n) is 4.71. The molecule has 22 heavy (non-hydrogen) atoms. The smallest absolute Gasteiger partial charge is 0.195 e. The minimum atomic E-state index is 0.634. The van der Waals surface area contributed by atoms with Gasteiger partial charge in [0.25, 0.3) is 0 Å². The molecule has 5 heteroatoms. The van der Waals surface area contributed by atoms with Crippen molar-refractivity contribution in [1.82, 2.24) is 14.8 Å². The largest absolute Gasteiger partial charge is 0.493 e. The fraction of sp³-hybridized carbons (Fsp3) is 0.176. The molecule has 0 fully saturated rings. The van der Waals surface area contributed by atoms with E-state index in [0.29, 0.717) is 6.61 Å². The van der Waals surface area contributed by atoms with E-state index in [4.69, 9.17) is 4.74 Å². The SMILES string of the molecule is Cc1nnc(SCCOc2ccccc2)n1-c1ccccc1. The summed E-state index contributed by atoms with van der Waals surface area (Å²) in [6, 6.07) is 20.0. The van der Waals surface area contributed by atoms with Crippen molar-refractivity contribution in [3.8, 4) is 11.4 Å². The first kappa shape index (κ1) is 14.7. The standard InChI is InChI=1S/C17H17N3OS/c1-14-18-19-17(20(14)15-8-4-2-5-9-15)22-13-12-21-16-10-6-3-7-11-16/h2-11H,12-13H2,1H3. The van der Waals surface area contributed by atoms with Gasteiger partial charge in [-0.2, -0.15) is 0 Å². The van der Waals surface area contributed by atoms with Gasteiger partial charge in [-0.25, -0.2) is 0 Å². The number of benzene rings is 2. The quantitative estimate of drug-likeness (QED) is 0.513. The van der Waals surface area contributed by atoms with E-state index < -0.39 is 0 Å². The highest BCUT2D eigenvalue weighted by Gasteiger charge is 2.10. The van der Waals surface area contributed by atoms with Gasteiger partial charge in [0.2, 0.25) is 0 Å². The number of hydrogen-bond acceptors (Lipinski definition) is 4. The predicted molar refractivity (Wildman–Crippen MR) is 88.8 cm³/mol. The second-order valence-corrected chi connectivity index (χ2v) is 5.77. The third kappa shape index (κ3) is 3.49. The molecule has 2 aromatic carbocycles. The first-order valence-corrected chi connectivity index (χ1v) is 8.11. The Morgan fingerprint density at radius 3 is 2.36 bits per heavy atom. The summed E-state index contributed by atoms with van der Waals surface area (Å²) < 4.78 is 7.76. The van der Waals surface area contributed by atoms with Crippen molar-refractivity contribution in [2.24, 2.45) is 0 Å². The summed E-state index contributed by atoms with van der Waals surface area (Å²) in [7, 11) is 0. The highest BCUT2D eigenvalue weighted by molar-refractivity contribution is 7.99. The lowest BCUT2D eigenvalue weighted by molar-refractivity contribution is 0.344. The maximum atomic E-state index is 5.70. The van der Waals surface area contributed by atoms with Gasteiger partial charge in [0, 0.05) is 11.4 Å². The van der Waals surface area contributed by atoms with Crippen molar-refractivity contribution in [3.63, 3.8) is 0 Å². The number of nitrogens with zero attached hydrogens (tertiary/aromatic N) is 3. The Hall–Kier alpha value is -2.27. The maximum absolute atomic E-state index is 5.70. The summed E-state index contributed by atoms with van der Waals surface area (Å²) in [5.41, 5.74) is 1.08. The van der Waals surface area contributed by atoms with Gasteiger partial charge in [0.05, 0.1) is 6.61 Å². The van der Waals surface area contributed by atoms with Crippen LogP contribution in [0.15, 0.2) is 65.8 Å². The highest BCUT2D eigenvalue weighted by Crippen LogP contribution is 2.21. The van der Waals surface area contributed by atoms with Gasteiger partial charge >= 0.3 is 0 Å². The van der Waals surface area contributed by atoms with Crippen LogP contribution in [0.1, 0.15) is 5.82 Å². The number of aromatic nitrogens is 3. The summed E-state index contributed by atoms with van der Waals surface area (Å²) in [5, 5.41) is 9.33.